The predicted octanol–water partition coefficient (Wildman–Crippen LogP) is 3.60. The number of anilines is 1. The third-order valence-electron chi connectivity index (χ3n) is 3.73. The van der Waals surface area contributed by atoms with E-state index in [0.717, 1.165) is 11.3 Å². The molecule has 148 valence electrons. The largest absolute Gasteiger partial charge is 0.385 e. The zero-order valence-corrected chi connectivity index (χ0v) is 17.1. The number of carbonyl (C=O) groups is 2. The van der Waals surface area contributed by atoms with E-state index in [9.17, 15) is 9.59 Å². The van der Waals surface area contributed by atoms with Crippen LogP contribution in [0.5, 0.6) is 0 Å². The Morgan fingerprint density at radius 1 is 1.04 bits per heavy atom. The van der Waals surface area contributed by atoms with E-state index in [-0.39, 0.29) is 18.4 Å². The monoisotopic (exact) mass is 399 g/mol. The predicted molar refractivity (Wildman–Crippen MR) is 114 cm³/mol. The maximum Gasteiger partial charge on any atom is 0.260 e. The molecule has 0 radical (unpaired) electrons. The Morgan fingerprint density at radius 2 is 1.71 bits per heavy atom. The molecule has 0 aliphatic carbocycles. The van der Waals surface area contributed by atoms with Crippen LogP contribution < -0.4 is 10.6 Å². The van der Waals surface area contributed by atoms with Gasteiger partial charge in [0.05, 0.1) is 5.71 Å². The van der Waals surface area contributed by atoms with E-state index in [1.165, 1.54) is 17.4 Å². The van der Waals surface area contributed by atoms with Gasteiger partial charge in [-0.15, -0.1) is 11.8 Å². The zero-order chi connectivity index (χ0) is 20.4. The molecule has 0 atom stereocenters. The number of hydrogen-bond donors (Lipinski definition) is 2. The van der Waals surface area contributed by atoms with Gasteiger partial charge in [0, 0.05) is 29.8 Å². The number of nitrogens with one attached hydrogen (secondary N) is 2. The Hall–Kier alpha value is -2.80. The number of benzene rings is 2. The van der Waals surface area contributed by atoms with Crippen molar-refractivity contribution in [3.8, 4) is 0 Å². The lowest BCUT2D eigenvalue weighted by Gasteiger charge is -2.06. The minimum atomic E-state index is -0.206. The Bertz CT molecular complexity index is 818. The Kier molecular flexibility index (Phi) is 8.55. The van der Waals surface area contributed by atoms with E-state index in [2.05, 4.69) is 47.0 Å². The van der Waals surface area contributed by atoms with Gasteiger partial charge in [0.2, 0.25) is 5.91 Å². The summed E-state index contributed by atoms with van der Waals surface area (Å²) in [6, 6.07) is 15.5. The fraction of sp³-hybridized carbons (Fsp3) is 0.286. The number of rotatable bonds is 9. The smallest absolute Gasteiger partial charge is 0.260 e. The number of carbonyl (C=O) groups excluding carboxylic acids is 2. The van der Waals surface area contributed by atoms with Crippen molar-refractivity contribution in [2.75, 3.05) is 24.2 Å². The van der Waals surface area contributed by atoms with Crippen molar-refractivity contribution < 1.29 is 14.4 Å². The summed E-state index contributed by atoms with van der Waals surface area (Å²) in [7, 11) is 0. The van der Waals surface area contributed by atoms with Gasteiger partial charge in [-0.05, 0) is 43.7 Å². The van der Waals surface area contributed by atoms with Crippen molar-refractivity contribution >= 4 is 35.0 Å². The van der Waals surface area contributed by atoms with E-state index in [1.807, 2.05) is 12.1 Å². The van der Waals surface area contributed by atoms with E-state index < -0.39 is 0 Å². The molecule has 2 aromatic carbocycles. The first-order valence-electron chi connectivity index (χ1n) is 8.95. The Labute approximate surface area is 169 Å². The van der Waals surface area contributed by atoms with Crippen molar-refractivity contribution in [3.63, 3.8) is 0 Å². The molecular weight excluding hydrogens is 374 g/mol. The van der Waals surface area contributed by atoms with Gasteiger partial charge in [-0.3, -0.25) is 9.59 Å². The molecule has 0 aliphatic rings. The van der Waals surface area contributed by atoms with Gasteiger partial charge in [0.25, 0.3) is 5.91 Å². The normalized spacial score (nSPS) is 11.0. The fourth-order valence-corrected chi connectivity index (χ4v) is 3.05. The number of oxime groups is 1. The van der Waals surface area contributed by atoms with Crippen molar-refractivity contribution in [2.24, 2.45) is 5.16 Å². The minimum absolute atomic E-state index is 0.121. The van der Waals surface area contributed by atoms with Crippen molar-refractivity contribution in [2.45, 2.75) is 25.7 Å². The molecule has 0 unspecified atom stereocenters. The van der Waals surface area contributed by atoms with Crippen LogP contribution in [0.3, 0.4) is 0 Å². The molecule has 0 saturated heterocycles. The molecule has 28 heavy (non-hydrogen) atoms. The van der Waals surface area contributed by atoms with Crippen molar-refractivity contribution in [1.82, 2.24) is 5.32 Å². The number of aryl methyl sites for hydroxylation is 1. The SMILES string of the molecule is CC(=O)Nc1ccc(/C(C)=N/OCC(=O)NCCSc2ccc(C)cc2)cc1. The van der Waals surface area contributed by atoms with Crippen LogP contribution in [-0.4, -0.2) is 36.4 Å². The molecule has 6 nitrogen and oxygen atoms in total. The average Bonchev–Trinajstić information content (AvgIpc) is 2.66. The summed E-state index contributed by atoms with van der Waals surface area (Å²) in [5, 5.41) is 9.48. The summed E-state index contributed by atoms with van der Waals surface area (Å²) in [6.07, 6.45) is 0. The minimum Gasteiger partial charge on any atom is -0.385 e. The molecular formula is C21H25N3O3S. The summed E-state index contributed by atoms with van der Waals surface area (Å²) >= 11 is 1.69. The molecule has 2 aromatic rings. The molecule has 7 heteroatoms. The maximum atomic E-state index is 11.8. The number of hydrogen-bond acceptors (Lipinski definition) is 5. The molecule has 0 aromatic heterocycles. The lowest BCUT2D eigenvalue weighted by Crippen LogP contribution is -2.29. The summed E-state index contributed by atoms with van der Waals surface area (Å²) in [6.45, 7) is 5.74. The molecule has 0 saturated carbocycles. The molecule has 2 rings (SSSR count). The van der Waals surface area contributed by atoms with Gasteiger partial charge in [0.15, 0.2) is 6.61 Å². The summed E-state index contributed by atoms with van der Waals surface area (Å²) < 4.78 is 0. The molecule has 2 N–H and O–H groups in total. The van der Waals surface area contributed by atoms with E-state index >= 15 is 0 Å². The average molecular weight is 400 g/mol. The second kappa shape index (κ2) is 11.1. The zero-order valence-electron chi connectivity index (χ0n) is 16.3. The third-order valence-corrected chi connectivity index (χ3v) is 4.75. The number of amides is 2. The molecule has 0 bridgehead atoms. The van der Waals surface area contributed by atoms with Crippen molar-refractivity contribution in [3.05, 3.63) is 59.7 Å². The molecule has 0 heterocycles. The second-order valence-electron chi connectivity index (χ2n) is 6.22. The summed E-state index contributed by atoms with van der Waals surface area (Å²) in [5.74, 6) is 0.462. The highest BCUT2D eigenvalue weighted by Gasteiger charge is 2.03. The molecule has 0 aliphatic heterocycles. The fourth-order valence-electron chi connectivity index (χ4n) is 2.28. The van der Waals surface area contributed by atoms with Gasteiger partial charge in [-0.25, -0.2) is 0 Å². The van der Waals surface area contributed by atoms with Crippen LogP contribution in [0.15, 0.2) is 58.6 Å². The topological polar surface area (TPSA) is 79.8 Å². The second-order valence-corrected chi connectivity index (χ2v) is 7.39. The molecule has 0 fully saturated rings. The van der Waals surface area contributed by atoms with Crippen molar-refractivity contribution in [1.29, 1.82) is 0 Å². The van der Waals surface area contributed by atoms with E-state index in [0.29, 0.717) is 17.9 Å². The first kappa shape index (κ1) is 21.5. The Balaban J connectivity index is 1.67. The summed E-state index contributed by atoms with van der Waals surface area (Å²) in [4.78, 5) is 29.1. The van der Waals surface area contributed by atoms with Gasteiger partial charge < -0.3 is 15.5 Å². The van der Waals surface area contributed by atoms with Gasteiger partial charge in [-0.1, -0.05) is 35.0 Å². The highest BCUT2D eigenvalue weighted by Crippen LogP contribution is 2.17. The lowest BCUT2D eigenvalue weighted by molar-refractivity contribution is -0.125. The van der Waals surface area contributed by atoms with Crippen LogP contribution >= 0.6 is 11.8 Å². The van der Waals surface area contributed by atoms with E-state index in [1.54, 1.807) is 30.8 Å². The van der Waals surface area contributed by atoms with Gasteiger partial charge in [0.1, 0.15) is 0 Å². The highest BCUT2D eigenvalue weighted by molar-refractivity contribution is 7.99. The Morgan fingerprint density at radius 3 is 2.36 bits per heavy atom. The maximum absolute atomic E-state index is 11.8. The molecule has 2 amide bonds. The van der Waals surface area contributed by atoms with Crippen LogP contribution in [0.4, 0.5) is 5.69 Å². The number of nitrogens with zero attached hydrogens (tertiary/aromatic N) is 1. The lowest BCUT2D eigenvalue weighted by atomic mass is 10.1. The van der Waals surface area contributed by atoms with Crippen LogP contribution in [0.1, 0.15) is 25.0 Å². The highest BCUT2D eigenvalue weighted by atomic mass is 32.2. The van der Waals surface area contributed by atoms with Crippen LogP contribution in [0, 0.1) is 6.92 Å². The van der Waals surface area contributed by atoms with Gasteiger partial charge in [-0.2, -0.15) is 0 Å². The van der Waals surface area contributed by atoms with Crippen LogP contribution in [-0.2, 0) is 14.4 Å². The summed E-state index contributed by atoms with van der Waals surface area (Å²) in [5.41, 5.74) is 3.45. The standard InChI is InChI=1S/C21H25N3O3S/c1-15-4-10-20(11-5-15)28-13-12-22-21(26)14-27-24-16(2)18-6-8-19(9-7-18)23-17(3)25/h4-11H,12-14H2,1-3H3,(H,22,26)(H,23,25)/b24-16+. The number of thioether (sulfide) groups is 1. The molecule has 0 spiro atoms. The van der Waals surface area contributed by atoms with E-state index in [4.69, 9.17) is 4.84 Å². The van der Waals surface area contributed by atoms with Gasteiger partial charge >= 0.3 is 0 Å². The third kappa shape index (κ3) is 7.84. The van der Waals surface area contributed by atoms with Crippen LogP contribution in [0.2, 0.25) is 0 Å². The quantitative estimate of drug-likeness (QED) is 0.292. The van der Waals surface area contributed by atoms with Crippen LogP contribution in [0.25, 0.3) is 0 Å². The first-order chi connectivity index (χ1) is 13.4. The first-order valence-corrected chi connectivity index (χ1v) is 9.93.